The molecule has 0 N–H and O–H groups in total. The first-order valence-electron chi connectivity index (χ1n) is 12.2. The smallest absolute Gasteiger partial charge is 0.282 e. The van der Waals surface area contributed by atoms with E-state index in [4.69, 9.17) is 9.72 Å². The number of rotatable bonds is 7. The monoisotopic (exact) mass is 695 g/mol. The van der Waals surface area contributed by atoms with E-state index in [1.165, 1.54) is 15.4 Å². The third kappa shape index (κ3) is 5.48. The Hall–Kier alpha value is -2.81. The first kappa shape index (κ1) is 26.8. The van der Waals surface area contributed by atoms with Gasteiger partial charge in [-0.15, -0.1) is 0 Å². The molecule has 0 amide bonds. The summed E-state index contributed by atoms with van der Waals surface area (Å²) in [6.45, 7) is 4.55. The molecular formula is C30H24Br3N3O2. The maximum atomic E-state index is 13.4. The largest absolute Gasteiger partial charge is 0.487 e. The van der Waals surface area contributed by atoms with E-state index in [9.17, 15) is 4.79 Å². The number of benzene rings is 4. The first-order chi connectivity index (χ1) is 18.4. The van der Waals surface area contributed by atoms with Crippen LogP contribution in [0.25, 0.3) is 21.7 Å². The van der Waals surface area contributed by atoms with E-state index >= 15 is 0 Å². The van der Waals surface area contributed by atoms with Crippen LogP contribution in [0.15, 0.2) is 96.1 Å². The van der Waals surface area contributed by atoms with E-state index in [-0.39, 0.29) is 11.5 Å². The molecule has 8 heteroatoms. The zero-order valence-corrected chi connectivity index (χ0v) is 25.5. The van der Waals surface area contributed by atoms with Gasteiger partial charge in [-0.05, 0) is 90.5 Å². The molecule has 0 aliphatic carbocycles. The van der Waals surface area contributed by atoms with E-state index in [1.807, 2.05) is 49.4 Å². The second-order valence-electron chi connectivity index (χ2n) is 9.04. The Morgan fingerprint density at radius 2 is 1.71 bits per heavy atom. The van der Waals surface area contributed by atoms with Crippen molar-refractivity contribution in [2.75, 3.05) is 0 Å². The zero-order chi connectivity index (χ0) is 26.8. The second kappa shape index (κ2) is 11.5. The summed E-state index contributed by atoms with van der Waals surface area (Å²) in [5, 5.41) is 7.45. The lowest BCUT2D eigenvalue weighted by atomic mass is 10.1. The van der Waals surface area contributed by atoms with Gasteiger partial charge in [0.15, 0.2) is 0 Å². The third-order valence-electron chi connectivity index (χ3n) is 6.48. The van der Waals surface area contributed by atoms with Gasteiger partial charge in [0, 0.05) is 10.4 Å². The molecule has 5 aromatic rings. The minimum Gasteiger partial charge on any atom is -0.487 e. The Bertz CT molecular complexity index is 1720. The van der Waals surface area contributed by atoms with Crippen molar-refractivity contribution in [1.82, 2.24) is 9.66 Å². The lowest BCUT2D eigenvalue weighted by Crippen LogP contribution is -2.23. The van der Waals surface area contributed by atoms with Crippen molar-refractivity contribution in [1.29, 1.82) is 0 Å². The Labute approximate surface area is 245 Å². The Kier molecular flexibility index (Phi) is 8.12. The second-order valence-corrected chi connectivity index (χ2v) is 11.7. The van der Waals surface area contributed by atoms with Crippen LogP contribution in [0.1, 0.15) is 43.1 Å². The van der Waals surface area contributed by atoms with Crippen molar-refractivity contribution >= 4 is 75.7 Å². The third-order valence-corrected chi connectivity index (χ3v) is 8.15. The number of halogens is 3. The molecule has 0 saturated carbocycles. The summed E-state index contributed by atoms with van der Waals surface area (Å²) in [4.78, 5) is 18.2. The van der Waals surface area contributed by atoms with Crippen LogP contribution < -0.4 is 10.3 Å². The normalized spacial score (nSPS) is 12.4. The molecule has 0 fully saturated rings. The summed E-state index contributed by atoms with van der Waals surface area (Å²) < 4.78 is 10.0. The minimum absolute atomic E-state index is 0.0659. The molecule has 38 heavy (non-hydrogen) atoms. The van der Waals surface area contributed by atoms with Crippen LogP contribution in [0.3, 0.4) is 0 Å². The lowest BCUT2D eigenvalue weighted by Gasteiger charge is -2.14. The maximum Gasteiger partial charge on any atom is 0.282 e. The molecule has 0 saturated heterocycles. The van der Waals surface area contributed by atoms with Gasteiger partial charge in [-0.2, -0.15) is 9.78 Å². The van der Waals surface area contributed by atoms with Gasteiger partial charge in [0.1, 0.15) is 18.2 Å². The van der Waals surface area contributed by atoms with Crippen LogP contribution in [0.2, 0.25) is 0 Å². The minimum atomic E-state index is -0.198. The van der Waals surface area contributed by atoms with E-state index in [0.717, 1.165) is 31.0 Å². The number of ether oxygens (including phenoxy) is 1. The molecule has 1 heterocycles. The highest BCUT2D eigenvalue weighted by Gasteiger charge is 2.16. The molecule has 1 aromatic heterocycles. The van der Waals surface area contributed by atoms with Crippen LogP contribution in [-0.2, 0) is 6.61 Å². The Morgan fingerprint density at radius 3 is 2.47 bits per heavy atom. The summed E-state index contributed by atoms with van der Waals surface area (Å²) in [7, 11) is 0. The number of fused-ring (bicyclic) bond motifs is 2. The van der Waals surface area contributed by atoms with Gasteiger partial charge < -0.3 is 4.74 Å². The van der Waals surface area contributed by atoms with Crippen LogP contribution in [-0.4, -0.2) is 15.9 Å². The van der Waals surface area contributed by atoms with Gasteiger partial charge >= 0.3 is 0 Å². The Balaban J connectivity index is 1.46. The van der Waals surface area contributed by atoms with Crippen molar-refractivity contribution in [3.05, 3.63) is 114 Å². The zero-order valence-electron chi connectivity index (χ0n) is 20.8. The molecule has 192 valence electrons. The predicted octanol–water partition coefficient (Wildman–Crippen LogP) is 8.81. The highest BCUT2D eigenvalue weighted by molar-refractivity contribution is 9.11. The molecule has 0 aliphatic rings. The van der Waals surface area contributed by atoms with Gasteiger partial charge in [0.2, 0.25) is 0 Å². The number of hydrogen-bond acceptors (Lipinski definition) is 4. The maximum absolute atomic E-state index is 13.4. The van der Waals surface area contributed by atoms with Crippen molar-refractivity contribution in [3.63, 3.8) is 0 Å². The highest BCUT2D eigenvalue weighted by Crippen LogP contribution is 2.35. The van der Waals surface area contributed by atoms with Gasteiger partial charge in [0.25, 0.3) is 5.56 Å². The summed E-state index contributed by atoms with van der Waals surface area (Å²) in [6.07, 6.45) is 2.51. The summed E-state index contributed by atoms with van der Waals surface area (Å²) in [5.41, 5.74) is 2.38. The van der Waals surface area contributed by atoms with Gasteiger partial charge in [-0.3, -0.25) is 4.79 Å². The van der Waals surface area contributed by atoms with Crippen LogP contribution in [0.4, 0.5) is 0 Å². The number of hydrogen-bond donors (Lipinski definition) is 0. The molecule has 5 nitrogen and oxygen atoms in total. The molecule has 4 aromatic carbocycles. The van der Waals surface area contributed by atoms with Crippen LogP contribution >= 0.6 is 47.8 Å². The average Bonchev–Trinajstić information content (AvgIpc) is 2.92. The molecule has 1 atom stereocenters. The summed E-state index contributed by atoms with van der Waals surface area (Å²) >= 11 is 10.8. The lowest BCUT2D eigenvalue weighted by molar-refractivity contribution is 0.303. The van der Waals surface area contributed by atoms with Crippen molar-refractivity contribution in [3.8, 4) is 5.75 Å². The van der Waals surface area contributed by atoms with Gasteiger partial charge in [-0.25, -0.2) is 4.98 Å². The molecule has 0 unspecified atom stereocenters. The van der Waals surface area contributed by atoms with Gasteiger partial charge in [-0.1, -0.05) is 72.2 Å². The SMILES string of the molecule is CC[C@@H](C)c1nc2ccc(Br)cc2c(=O)n1N=Cc1cc(Br)c(OCc2cccc3ccccc23)c(Br)c1. The first-order valence-corrected chi connectivity index (χ1v) is 14.6. The Morgan fingerprint density at radius 1 is 0.974 bits per heavy atom. The number of aromatic nitrogens is 2. The molecule has 5 rings (SSSR count). The van der Waals surface area contributed by atoms with E-state index in [1.54, 1.807) is 12.3 Å². The fourth-order valence-electron chi connectivity index (χ4n) is 4.26. The summed E-state index contributed by atoms with van der Waals surface area (Å²) in [6, 6.07) is 23.9. The van der Waals surface area contributed by atoms with Crippen LogP contribution in [0, 0.1) is 0 Å². The summed E-state index contributed by atoms with van der Waals surface area (Å²) in [5.74, 6) is 1.40. The molecular weight excluding hydrogens is 674 g/mol. The van der Waals surface area contributed by atoms with Crippen molar-refractivity contribution < 1.29 is 4.74 Å². The molecule has 0 bridgehead atoms. The van der Waals surface area contributed by atoms with E-state index in [0.29, 0.717) is 29.1 Å². The molecule has 0 aliphatic heterocycles. The topological polar surface area (TPSA) is 56.5 Å². The average molecular weight is 698 g/mol. The highest BCUT2D eigenvalue weighted by atomic mass is 79.9. The molecule has 0 spiro atoms. The standard InChI is InChI=1S/C30H24Br3N3O2/c1-3-18(2)29-35-27-12-11-22(31)15-24(27)30(37)36(29)34-16-19-13-25(32)28(26(33)14-19)38-17-21-9-6-8-20-7-4-5-10-23(20)21/h4-16,18H,3,17H2,1-2H3/t18-/m1/s1. The van der Waals surface area contributed by atoms with Crippen LogP contribution in [0.5, 0.6) is 5.75 Å². The van der Waals surface area contributed by atoms with Gasteiger partial charge in [0.05, 0.1) is 26.1 Å². The predicted molar refractivity (Wildman–Crippen MR) is 166 cm³/mol. The molecule has 0 radical (unpaired) electrons. The van der Waals surface area contributed by atoms with Crippen molar-refractivity contribution in [2.24, 2.45) is 5.10 Å². The van der Waals surface area contributed by atoms with Crippen molar-refractivity contribution in [2.45, 2.75) is 32.8 Å². The van der Waals surface area contributed by atoms with E-state index < -0.39 is 0 Å². The fourth-order valence-corrected chi connectivity index (χ4v) is 6.08. The number of nitrogens with zero attached hydrogens (tertiary/aromatic N) is 3. The quantitative estimate of drug-likeness (QED) is 0.160. The van der Waals surface area contributed by atoms with E-state index in [2.05, 4.69) is 84.1 Å². The fraction of sp³-hybridized carbons (Fsp3) is 0.167.